The molecular formula is C20H11FN6S. The number of aromatic nitrogens is 4. The quantitative estimate of drug-likeness (QED) is 0.436. The van der Waals surface area contributed by atoms with Gasteiger partial charge >= 0.3 is 0 Å². The number of halogens is 1. The van der Waals surface area contributed by atoms with Gasteiger partial charge in [0.25, 0.3) is 0 Å². The normalized spacial score (nSPS) is 11.1. The maximum atomic E-state index is 14.7. The average Bonchev–Trinajstić information content (AvgIpc) is 3.37. The minimum atomic E-state index is -0.403. The summed E-state index contributed by atoms with van der Waals surface area (Å²) in [4.78, 5) is 16.4. The Balaban J connectivity index is 1.89. The van der Waals surface area contributed by atoms with Gasteiger partial charge in [0.05, 0.1) is 28.2 Å². The van der Waals surface area contributed by atoms with Gasteiger partial charge in [0.15, 0.2) is 23.0 Å². The third-order valence-electron chi connectivity index (χ3n) is 4.48. The van der Waals surface area contributed by atoms with Gasteiger partial charge in [-0.2, -0.15) is 0 Å². The maximum absolute atomic E-state index is 14.7. The van der Waals surface area contributed by atoms with Crippen LogP contribution in [0.5, 0.6) is 0 Å². The van der Waals surface area contributed by atoms with E-state index in [9.17, 15) is 4.39 Å². The van der Waals surface area contributed by atoms with Gasteiger partial charge in [0.2, 0.25) is 0 Å². The first-order chi connectivity index (χ1) is 13.7. The van der Waals surface area contributed by atoms with Gasteiger partial charge in [0, 0.05) is 18.0 Å². The summed E-state index contributed by atoms with van der Waals surface area (Å²) in [6.45, 7) is 7.28. The molecule has 0 spiro atoms. The number of hydrogen-bond donors (Lipinski definition) is 1. The Morgan fingerprint density at radius 1 is 1.14 bits per heavy atom. The van der Waals surface area contributed by atoms with E-state index >= 15 is 0 Å². The topological polar surface area (TPSA) is 73.5 Å². The van der Waals surface area contributed by atoms with Gasteiger partial charge in [-0.25, -0.2) is 24.2 Å². The molecule has 28 heavy (non-hydrogen) atoms. The highest BCUT2D eigenvalue weighted by Crippen LogP contribution is 2.36. The lowest BCUT2D eigenvalue weighted by Gasteiger charge is -2.14. The second-order valence-electron chi connectivity index (χ2n) is 6.13. The molecule has 0 fully saturated rings. The highest BCUT2D eigenvalue weighted by atomic mass is 32.1. The van der Waals surface area contributed by atoms with Crippen molar-refractivity contribution in [2.75, 3.05) is 5.73 Å². The molecule has 0 saturated carbocycles. The molecule has 0 aliphatic carbocycles. The number of benzene rings is 2. The zero-order chi connectivity index (χ0) is 19.3. The zero-order valence-electron chi connectivity index (χ0n) is 14.3. The van der Waals surface area contributed by atoms with Crippen molar-refractivity contribution in [1.29, 1.82) is 0 Å². The number of nitrogens with two attached hydrogens (primary N) is 1. The SMILES string of the molecule is [C-]#[N+]c1cccc(-c2nc(N)c3nccn3c2-c2cc(F)c3ncsc3c2)c1. The van der Waals surface area contributed by atoms with E-state index in [1.54, 1.807) is 40.5 Å². The van der Waals surface area contributed by atoms with Crippen LogP contribution in [-0.4, -0.2) is 19.4 Å². The molecule has 0 saturated heterocycles. The third-order valence-corrected chi connectivity index (χ3v) is 5.26. The van der Waals surface area contributed by atoms with Crippen molar-refractivity contribution >= 4 is 38.7 Å². The van der Waals surface area contributed by atoms with E-state index in [1.165, 1.54) is 17.4 Å². The number of fused-ring (bicyclic) bond motifs is 2. The summed E-state index contributed by atoms with van der Waals surface area (Å²) in [6.07, 6.45) is 3.39. The predicted octanol–water partition coefficient (Wildman–Crippen LogP) is 4.95. The highest BCUT2D eigenvalue weighted by molar-refractivity contribution is 7.16. The summed E-state index contributed by atoms with van der Waals surface area (Å²) in [7, 11) is 0. The largest absolute Gasteiger partial charge is 0.381 e. The molecule has 0 radical (unpaired) electrons. The fraction of sp³-hybridized carbons (Fsp3) is 0. The van der Waals surface area contributed by atoms with Crippen LogP contribution in [0.25, 0.3) is 43.2 Å². The lowest BCUT2D eigenvalue weighted by Crippen LogP contribution is -2.04. The van der Waals surface area contributed by atoms with Crippen molar-refractivity contribution in [1.82, 2.24) is 19.4 Å². The van der Waals surface area contributed by atoms with E-state index in [0.717, 1.165) is 10.3 Å². The first-order valence-corrected chi connectivity index (χ1v) is 9.17. The average molecular weight is 386 g/mol. The van der Waals surface area contributed by atoms with Crippen molar-refractivity contribution < 1.29 is 4.39 Å². The summed E-state index contributed by atoms with van der Waals surface area (Å²) in [6, 6.07) is 10.4. The Morgan fingerprint density at radius 3 is 2.89 bits per heavy atom. The van der Waals surface area contributed by atoms with Crippen LogP contribution >= 0.6 is 11.3 Å². The molecule has 0 bridgehead atoms. The van der Waals surface area contributed by atoms with E-state index in [2.05, 4.69) is 19.8 Å². The van der Waals surface area contributed by atoms with E-state index in [0.29, 0.717) is 33.8 Å². The van der Waals surface area contributed by atoms with Crippen LogP contribution in [0.3, 0.4) is 0 Å². The van der Waals surface area contributed by atoms with E-state index < -0.39 is 5.82 Å². The lowest BCUT2D eigenvalue weighted by molar-refractivity contribution is 0.637. The van der Waals surface area contributed by atoms with Gasteiger partial charge in [0.1, 0.15) is 5.52 Å². The molecular weight excluding hydrogens is 375 g/mol. The highest BCUT2D eigenvalue weighted by Gasteiger charge is 2.19. The zero-order valence-corrected chi connectivity index (χ0v) is 15.1. The lowest BCUT2D eigenvalue weighted by atomic mass is 10.0. The fourth-order valence-corrected chi connectivity index (χ4v) is 4.00. The smallest absolute Gasteiger partial charge is 0.187 e. The van der Waals surface area contributed by atoms with Crippen LogP contribution in [0.4, 0.5) is 15.9 Å². The van der Waals surface area contributed by atoms with Crippen molar-refractivity contribution in [3.05, 3.63) is 71.5 Å². The monoisotopic (exact) mass is 386 g/mol. The second-order valence-corrected chi connectivity index (χ2v) is 7.02. The van der Waals surface area contributed by atoms with Gasteiger partial charge in [-0.3, -0.25) is 4.40 Å². The van der Waals surface area contributed by atoms with Crippen LogP contribution in [0.1, 0.15) is 0 Å². The summed E-state index contributed by atoms with van der Waals surface area (Å²) >= 11 is 1.37. The standard InChI is InChI=1S/C20H11FN6S/c1-23-13-4-2-3-11(7-13)16-18(27-6-5-24-20(27)19(22)26-16)12-8-14(21)17-15(9-12)28-10-25-17/h2-10H,(H2,22,26). The van der Waals surface area contributed by atoms with Gasteiger partial charge in [-0.1, -0.05) is 18.2 Å². The minimum absolute atomic E-state index is 0.260. The van der Waals surface area contributed by atoms with Crippen molar-refractivity contribution in [2.24, 2.45) is 0 Å². The summed E-state index contributed by atoms with van der Waals surface area (Å²) in [5.41, 5.74) is 11.6. The molecule has 134 valence electrons. The molecule has 2 N–H and O–H groups in total. The summed E-state index contributed by atoms with van der Waals surface area (Å²) in [5.74, 6) is -0.143. The molecule has 0 unspecified atom stereocenters. The van der Waals surface area contributed by atoms with E-state index in [1.807, 2.05) is 12.1 Å². The first-order valence-electron chi connectivity index (χ1n) is 8.29. The number of rotatable bonds is 2. The Morgan fingerprint density at radius 2 is 2.04 bits per heavy atom. The molecule has 3 aromatic heterocycles. The number of hydrogen-bond acceptors (Lipinski definition) is 5. The number of imidazole rings is 1. The molecule has 8 heteroatoms. The Kier molecular flexibility index (Phi) is 3.57. The van der Waals surface area contributed by atoms with Crippen LogP contribution in [0.2, 0.25) is 0 Å². The second kappa shape index (κ2) is 6.11. The fourth-order valence-electron chi connectivity index (χ4n) is 3.27. The Hall–Kier alpha value is -3.83. The van der Waals surface area contributed by atoms with Crippen LogP contribution < -0.4 is 5.73 Å². The van der Waals surface area contributed by atoms with E-state index in [4.69, 9.17) is 12.3 Å². The van der Waals surface area contributed by atoms with Crippen molar-refractivity contribution in [2.45, 2.75) is 0 Å². The molecule has 5 aromatic rings. The van der Waals surface area contributed by atoms with Gasteiger partial charge in [-0.15, -0.1) is 11.3 Å². The maximum Gasteiger partial charge on any atom is 0.187 e. The Bertz CT molecular complexity index is 1410. The summed E-state index contributed by atoms with van der Waals surface area (Å²) < 4.78 is 17.2. The third kappa shape index (κ3) is 2.41. The van der Waals surface area contributed by atoms with Gasteiger partial charge in [-0.05, 0) is 23.8 Å². The number of nitrogens with zero attached hydrogens (tertiary/aromatic N) is 5. The number of nitrogen functional groups attached to an aromatic ring is 1. The van der Waals surface area contributed by atoms with Crippen molar-refractivity contribution in [3.63, 3.8) is 0 Å². The molecule has 0 amide bonds. The Labute approximate surface area is 162 Å². The molecule has 5 rings (SSSR count). The number of anilines is 1. The van der Waals surface area contributed by atoms with Crippen LogP contribution in [-0.2, 0) is 0 Å². The molecule has 6 nitrogen and oxygen atoms in total. The molecule has 2 aromatic carbocycles. The van der Waals surface area contributed by atoms with E-state index in [-0.39, 0.29) is 5.82 Å². The first kappa shape index (κ1) is 16.4. The van der Waals surface area contributed by atoms with Crippen LogP contribution in [0.15, 0.2) is 54.3 Å². The van der Waals surface area contributed by atoms with Crippen molar-refractivity contribution in [3.8, 4) is 22.5 Å². The van der Waals surface area contributed by atoms with Gasteiger partial charge < -0.3 is 5.73 Å². The molecule has 0 aliphatic rings. The summed E-state index contributed by atoms with van der Waals surface area (Å²) in [5, 5.41) is 0. The number of thiazole rings is 1. The minimum Gasteiger partial charge on any atom is -0.381 e. The molecule has 0 atom stereocenters. The molecule has 0 aliphatic heterocycles. The van der Waals surface area contributed by atoms with Crippen LogP contribution in [0, 0.1) is 12.4 Å². The molecule has 3 heterocycles. The predicted molar refractivity (Wildman–Crippen MR) is 108 cm³/mol.